The number of hydrogen-bond acceptors (Lipinski definition) is 6. The van der Waals surface area contributed by atoms with Gasteiger partial charge in [-0.15, -0.1) is 0 Å². The molecule has 0 saturated heterocycles. The van der Waals surface area contributed by atoms with Gasteiger partial charge in [0.1, 0.15) is 5.54 Å². The third-order valence-corrected chi connectivity index (χ3v) is 3.83. The highest BCUT2D eigenvalue weighted by Gasteiger charge is 2.30. The molecule has 0 aliphatic heterocycles. The van der Waals surface area contributed by atoms with E-state index in [1.807, 2.05) is 13.8 Å². The van der Waals surface area contributed by atoms with Gasteiger partial charge in [0.05, 0.1) is 22.7 Å². The lowest BCUT2D eigenvalue weighted by atomic mass is 9.90. The van der Waals surface area contributed by atoms with Crippen molar-refractivity contribution in [2.45, 2.75) is 26.3 Å². The normalized spacial score (nSPS) is 13.1. The van der Waals surface area contributed by atoms with Crippen LogP contribution in [-0.2, 0) is 9.53 Å². The second kappa shape index (κ2) is 7.04. The molecule has 0 radical (unpaired) electrons. The van der Waals surface area contributed by atoms with Crippen molar-refractivity contribution < 1.29 is 14.3 Å². The fourth-order valence-electron chi connectivity index (χ4n) is 1.93. The zero-order valence-corrected chi connectivity index (χ0v) is 13.7. The molecule has 0 spiro atoms. The van der Waals surface area contributed by atoms with E-state index in [-0.39, 0.29) is 11.5 Å². The molecule has 7 heteroatoms. The molecule has 0 bridgehead atoms. The quantitative estimate of drug-likeness (QED) is 0.841. The van der Waals surface area contributed by atoms with E-state index in [4.69, 9.17) is 4.74 Å². The van der Waals surface area contributed by atoms with Gasteiger partial charge in [0.2, 0.25) is 0 Å². The van der Waals surface area contributed by atoms with Crippen molar-refractivity contribution in [3.63, 3.8) is 0 Å². The Kier molecular flexibility index (Phi) is 5.09. The van der Waals surface area contributed by atoms with Crippen molar-refractivity contribution in [2.75, 3.05) is 6.61 Å². The molecule has 1 N–H and O–H groups in total. The van der Waals surface area contributed by atoms with Gasteiger partial charge in [-0.2, -0.15) is 5.26 Å². The molecule has 0 fully saturated rings. The number of amides is 1. The predicted molar refractivity (Wildman–Crippen MR) is 86.8 cm³/mol. The number of fused-ring (bicyclic) bond motifs is 1. The van der Waals surface area contributed by atoms with Gasteiger partial charge < -0.3 is 10.1 Å². The molecule has 1 amide bonds. The van der Waals surface area contributed by atoms with Crippen LogP contribution in [0.1, 0.15) is 31.1 Å². The summed E-state index contributed by atoms with van der Waals surface area (Å²) in [4.78, 5) is 32.2. The topological polar surface area (TPSA) is 105 Å². The van der Waals surface area contributed by atoms with Crippen molar-refractivity contribution in [1.82, 2.24) is 15.3 Å². The Morgan fingerprint density at radius 3 is 2.58 bits per heavy atom. The van der Waals surface area contributed by atoms with E-state index in [9.17, 15) is 14.9 Å². The fourth-order valence-corrected chi connectivity index (χ4v) is 1.93. The van der Waals surface area contributed by atoms with Gasteiger partial charge in [0.25, 0.3) is 5.91 Å². The Bertz CT molecular complexity index is 813. The first kappa shape index (κ1) is 17.3. The Morgan fingerprint density at radius 2 is 1.96 bits per heavy atom. The van der Waals surface area contributed by atoms with E-state index in [0.29, 0.717) is 11.0 Å². The van der Waals surface area contributed by atoms with Crippen LogP contribution in [0.4, 0.5) is 0 Å². The summed E-state index contributed by atoms with van der Waals surface area (Å²) >= 11 is 0. The minimum absolute atomic E-state index is 0.0822. The van der Waals surface area contributed by atoms with Crippen molar-refractivity contribution in [3.05, 3.63) is 36.2 Å². The van der Waals surface area contributed by atoms with Crippen LogP contribution in [0.5, 0.6) is 0 Å². The lowest BCUT2D eigenvalue weighted by Crippen LogP contribution is -2.50. The molecule has 1 aromatic carbocycles. The lowest BCUT2D eigenvalue weighted by Gasteiger charge is -2.27. The highest BCUT2D eigenvalue weighted by Crippen LogP contribution is 2.15. The van der Waals surface area contributed by atoms with Crippen molar-refractivity contribution in [3.8, 4) is 6.07 Å². The fraction of sp³-hybridized carbons (Fsp3) is 0.353. The van der Waals surface area contributed by atoms with Gasteiger partial charge in [-0.1, -0.05) is 13.8 Å². The van der Waals surface area contributed by atoms with Crippen LogP contribution in [0.15, 0.2) is 30.6 Å². The summed E-state index contributed by atoms with van der Waals surface area (Å²) < 4.78 is 5.00. The molecule has 0 aliphatic rings. The highest BCUT2D eigenvalue weighted by molar-refractivity contribution is 5.94. The molecule has 1 aromatic heterocycles. The van der Waals surface area contributed by atoms with E-state index >= 15 is 0 Å². The van der Waals surface area contributed by atoms with E-state index in [2.05, 4.69) is 21.4 Å². The zero-order chi connectivity index (χ0) is 17.7. The van der Waals surface area contributed by atoms with Gasteiger partial charge >= 0.3 is 5.97 Å². The number of aromatic nitrogens is 2. The minimum atomic E-state index is -1.01. The first-order chi connectivity index (χ1) is 11.4. The number of nitrogens with zero attached hydrogens (tertiary/aromatic N) is 3. The average molecular weight is 326 g/mol. The predicted octanol–water partition coefficient (Wildman–Crippen LogP) is 1.84. The minimum Gasteiger partial charge on any atom is -0.452 e. The summed E-state index contributed by atoms with van der Waals surface area (Å²) in [5.74, 6) is -1.25. The monoisotopic (exact) mass is 326 g/mol. The standard InChI is InChI=1S/C17H18N4O3/c1-11(2)17(3,10-18)21-15(22)9-24-16(23)12-4-5-13-14(8-12)20-7-6-19-13/h4-8,11H,9H2,1-3H3,(H,21,22)/t17-/m1/s1. The molecule has 0 saturated carbocycles. The van der Waals surface area contributed by atoms with Gasteiger partial charge in [-0.25, -0.2) is 4.79 Å². The molecule has 124 valence electrons. The zero-order valence-electron chi connectivity index (χ0n) is 13.7. The Hall–Kier alpha value is -3.01. The van der Waals surface area contributed by atoms with Crippen LogP contribution < -0.4 is 5.32 Å². The summed E-state index contributed by atoms with van der Waals surface area (Å²) in [7, 11) is 0. The number of hydrogen-bond donors (Lipinski definition) is 1. The SMILES string of the molecule is CC(C)[C@@](C)(C#N)NC(=O)COC(=O)c1ccc2nccnc2c1. The second-order valence-electron chi connectivity index (χ2n) is 5.85. The summed E-state index contributed by atoms with van der Waals surface area (Å²) in [6, 6.07) is 6.83. The molecule has 2 aromatic rings. The highest BCUT2D eigenvalue weighted by atomic mass is 16.5. The first-order valence-electron chi connectivity index (χ1n) is 7.46. The van der Waals surface area contributed by atoms with Gasteiger partial charge in [-0.05, 0) is 31.0 Å². The summed E-state index contributed by atoms with van der Waals surface area (Å²) in [6.45, 7) is 4.82. The van der Waals surface area contributed by atoms with Gasteiger partial charge in [-0.3, -0.25) is 14.8 Å². The third kappa shape index (κ3) is 3.84. The van der Waals surface area contributed by atoms with Crippen molar-refractivity contribution >= 4 is 22.9 Å². The average Bonchev–Trinajstić information content (AvgIpc) is 2.58. The summed E-state index contributed by atoms with van der Waals surface area (Å²) in [5.41, 5.74) is 0.492. The number of carbonyl (C=O) groups is 2. The Morgan fingerprint density at radius 1 is 1.29 bits per heavy atom. The largest absolute Gasteiger partial charge is 0.452 e. The third-order valence-electron chi connectivity index (χ3n) is 3.83. The van der Waals surface area contributed by atoms with Crippen LogP contribution in [0.2, 0.25) is 0 Å². The Balaban J connectivity index is 1.99. The first-order valence-corrected chi connectivity index (χ1v) is 7.46. The smallest absolute Gasteiger partial charge is 0.338 e. The molecule has 0 unspecified atom stereocenters. The maximum atomic E-state index is 12.0. The number of nitriles is 1. The van der Waals surface area contributed by atoms with E-state index < -0.39 is 24.0 Å². The van der Waals surface area contributed by atoms with E-state index in [0.717, 1.165) is 0 Å². The molecule has 7 nitrogen and oxygen atoms in total. The van der Waals surface area contributed by atoms with E-state index in [1.54, 1.807) is 31.3 Å². The molecule has 24 heavy (non-hydrogen) atoms. The summed E-state index contributed by atoms with van der Waals surface area (Å²) in [5, 5.41) is 11.8. The van der Waals surface area contributed by atoms with Gasteiger partial charge in [0, 0.05) is 12.4 Å². The van der Waals surface area contributed by atoms with Gasteiger partial charge in [0.15, 0.2) is 6.61 Å². The number of esters is 1. The number of ether oxygens (including phenoxy) is 1. The number of nitrogens with one attached hydrogen (secondary N) is 1. The van der Waals surface area contributed by atoms with Crippen molar-refractivity contribution in [2.24, 2.45) is 5.92 Å². The summed E-state index contributed by atoms with van der Waals surface area (Å²) in [6.07, 6.45) is 3.09. The molecule has 2 rings (SSSR count). The maximum absolute atomic E-state index is 12.0. The van der Waals surface area contributed by atoms with E-state index in [1.165, 1.54) is 6.20 Å². The maximum Gasteiger partial charge on any atom is 0.338 e. The lowest BCUT2D eigenvalue weighted by molar-refractivity contribution is -0.125. The van der Waals surface area contributed by atoms with Crippen LogP contribution in [0.25, 0.3) is 11.0 Å². The van der Waals surface area contributed by atoms with Crippen LogP contribution in [0, 0.1) is 17.2 Å². The number of rotatable bonds is 5. The number of carbonyl (C=O) groups excluding carboxylic acids is 2. The number of benzene rings is 1. The molecule has 1 atom stereocenters. The van der Waals surface area contributed by atoms with Crippen LogP contribution >= 0.6 is 0 Å². The molecular weight excluding hydrogens is 308 g/mol. The van der Waals surface area contributed by atoms with Crippen molar-refractivity contribution in [1.29, 1.82) is 5.26 Å². The Labute approximate surface area is 139 Å². The van der Waals surface area contributed by atoms with Crippen LogP contribution in [-0.4, -0.2) is 34.0 Å². The molecule has 1 heterocycles. The second-order valence-corrected chi connectivity index (χ2v) is 5.85. The molecular formula is C17H18N4O3. The molecule has 0 aliphatic carbocycles. The van der Waals surface area contributed by atoms with Crippen LogP contribution in [0.3, 0.4) is 0 Å².